The fourth-order valence-electron chi connectivity index (χ4n) is 4.24. The van der Waals surface area contributed by atoms with Gasteiger partial charge in [-0.2, -0.15) is 0 Å². The smallest absolute Gasteiger partial charge is 0.119 e. The minimum Gasteiger partial charge on any atom is -0.493 e. The van der Waals surface area contributed by atoms with Crippen LogP contribution in [0.25, 0.3) is 11.3 Å². The van der Waals surface area contributed by atoms with Crippen LogP contribution in [0, 0.1) is 11.8 Å². The number of pyridine rings is 1. The molecule has 152 valence electrons. The van der Waals surface area contributed by atoms with Crippen LogP contribution >= 0.6 is 0 Å². The summed E-state index contributed by atoms with van der Waals surface area (Å²) >= 11 is 0. The molecule has 1 aromatic carbocycles. The molecule has 0 saturated heterocycles. The van der Waals surface area contributed by atoms with Gasteiger partial charge >= 0.3 is 0 Å². The molecule has 1 aliphatic rings. The van der Waals surface area contributed by atoms with E-state index in [4.69, 9.17) is 4.74 Å². The minimum atomic E-state index is 0.731. The lowest BCUT2D eigenvalue weighted by Gasteiger charge is -2.28. The zero-order valence-corrected chi connectivity index (χ0v) is 17.8. The van der Waals surface area contributed by atoms with Crippen molar-refractivity contribution < 1.29 is 4.74 Å². The SMILES string of the molecule is CCCCc1ccc(-c2ccc(OC[C@H]3CC[C@H](CCCC)CC3)cc2)nc1. The van der Waals surface area contributed by atoms with Crippen molar-refractivity contribution in [3.63, 3.8) is 0 Å². The Hall–Kier alpha value is -1.83. The molecule has 0 atom stereocenters. The predicted octanol–water partition coefficient (Wildman–Crippen LogP) is 7.47. The molecule has 2 heteroatoms. The summed E-state index contributed by atoms with van der Waals surface area (Å²) in [4.78, 5) is 4.64. The van der Waals surface area contributed by atoms with Crippen molar-refractivity contribution in [2.75, 3.05) is 6.61 Å². The maximum absolute atomic E-state index is 6.10. The Kier molecular flexibility index (Phi) is 8.39. The lowest BCUT2D eigenvalue weighted by Crippen LogP contribution is -2.20. The first-order chi connectivity index (χ1) is 13.8. The first-order valence-corrected chi connectivity index (χ1v) is 11.5. The van der Waals surface area contributed by atoms with Gasteiger partial charge in [-0.05, 0) is 73.4 Å². The average Bonchev–Trinajstić information content (AvgIpc) is 2.76. The second kappa shape index (κ2) is 11.2. The molecule has 2 nitrogen and oxygen atoms in total. The van der Waals surface area contributed by atoms with Gasteiger partial charge < -0.3 is 4.74 Å². The second-order valence-corrected chi connectivity index (χ2v) is 8.52. The van der Waals surface area contributed by atoms with Crippen LogP contribution in [0.3, 0.4) is 0 Å². The molecule has 0 bridgehead atoms. The van der Waals surface area contributed by atoms with Crippen LogP contribution in [0.15, 0.2) is 42.6 Å². The Bertz CT molecular complexity index is 669. The monoisotopic (exact) mass is 379 g/mol. The Balaban J connectivity index is 1.44. The summed E-state index contributed by atoms with van der Waals surface area (Å²) in [5.74, 6) is 2.68. The second-order valence-electron chi connectivity index (χ2n) is 8.52. The summed E-state index contributed by atoms with van der Waals surface area (Å²) in [6.07, 6.45) is 15.2. The number of ether oxygens (including phenoxy) is 1. The summed E-state index contributed by atoms with van der Waals surface area (Å²) < 4.78 is 6.10. The van der Waals surface area contributed by atoms with Crippen LogP contribution in [-0.2, 0) is 6.42 Å². The highest BCUT2D eigenvalue weighted by Crippen LogP contribution is 2.32. The molecule has 1 saturated carbocycles. The van der Waals surface area contributed by atoms with Crippen LogP contribution < -0.4 is 4.74 Å². The summed E-state index contributed by atoms with van der Waals surface area (Å²) in [5.41, 5.74) is 3.53. The normalized spacial score (nSPS) is 19.5. The van der Waals surface area contributed by atoms with Crippen LogP contribution in [0.4, 0.5) is 0 Å². The number of unbranched alkanes of at least 4 members (excludes halogenated alkanes) is 2. The van der Waals surface area contributed by atoms with Crippen molar-refractivity contribution in [3.8, 4) is 17.0 Å². The average molecular weight is 380 g/mol. The van der Waals surface area contributed by atoms with Crippen molar-refractivity contribution in [2.24, 2.45) is 11.8 Å². The van der Waals surface area contributed by atoms with Gasteiger partial charge in [0, 0.05) is 11.8 Å². The Labute approximate surface area is 171 Å². The highest BCUT2D eigenvalue weighted by Gasteiger charge is 2.21. The van der Waals surface area contributed by atoms with Gasteiger partial charge in [0.1, 0.15) is 5.75 Å². The first kappa shape index (κ1) is 20.9. The summed E-state index contributed by atoms with van der Waals surface area (Å²) in [6.45, 7) is 5.39. The maximum atomic E-state index is 6.10. The van der Waals surface area contributed by atoms with Gasteiger partial charge in [0.05, 0.1) is 12.3 Å². The highest BCUT2D eigenvalue weighted by molar-refractivity contribution is 5.60. The van der Waals surface area contributed by atoms with E-state index in [1.165, 1.54) is 63.4 Å². The van der Waals surface area contributed by atoms with E-state index >= 15 is 0 Å². The number of benzene rings is 1. The minimum absolute atomic E-state index is 0.731. The zero-order chi connectivity index (χ0) is 19.6. The number of hydrogen-bond donors (Lipinski definition) is 0. The van der Waals surface area contributed by atoms with Crippen molar-refractivity contribution in [3.05, 3.63) is 48.2 Å². The summed E-state index contributed by atoms with van der Waals surface area (Å²) in [6, 6.07) is 12.8. The molecule has 1 aliphatic carbocycles. The lowest BCUT2D eigenvalue weighted by molar-refractivity contribution is 0.178. The van der Waals surface area contributed by atoms with Crippen molar-refractivity contribution in [2.45, 2.75) is 78.1 Å². The van der Waals surface area contributed by atoms with Crippen molar-refractivity contribution in [1.29, 1.82) is 0 Å². The van der Waals surface area contributed by atoms with E-state index in [1.54, 1.807) is 0 Å². The van der Waals surface area contributed by atoms with Crippen LogP contribution in [0.5, 0.6) is 5.75 Å². The molecule has 0 unspecified atom stereocenters. The third kappa shape index (κ3) is 6.36. The Morgan fingerprint density at radius 3 is 2.21 bits per heavy atom. The van der Waals surface area contributed by atoms with E-state index in [1.807, 2.05) is 6.20 Å². The van der Waals surface area contributed by atoms with E-state index in [-0.39, 0.29) is 0 Å². The molecule has 1 aromatic heterocycles. The highest BCUT2D eigenvalue weighted by atomic mass is 16.5. The van der Waals surface area contributed by atoms with Crippen LogP contribution in [0.2, 0.25) is 0 Å². The molecule has 0 N–H and O–H groups in total. The lowest BCUT2D eigenvalue weighted by atomic mass is 9.80. The number of aromatic nitrogens is 1. The molecule has 28 heavy (non-hydrogen) atoms. The van der Waals surface area contributed by atoms with Crippen LogP contribution in [-0.4, -0.2) is 11.6 Å². The van der Waals surface area contributed by atoms with E-state index < -0.39 is 0 Å². The van der Waals surface area contributed by atoms with Gasteiger partial charge in [0.2, 0.25) is 0 Å². The van der Waals surface area contributed by atoms with E-state index in [2.05, 4.69) is 55.2 Å². The molecule has 0 aliphatic heterocycles. The molecular weight excluding hydrogens is 342 g/mol. The zero-order valence-electron chi connectivity index (χ0n) is 17.8. The summed E-state index contributed by atoms with van der Waals surface area (Å²) in [7, 11) is 0. The van der Waals surface area contributed by atoms with Crippen LogP contribution in [0.1, 0.15) is 77.2 Å². The van der Waals surface area contributed by atoms with Crippen molar-refractivity contribution >= 4 is 0 Å². The third-order valence-corrected chi connectivity index (χ3v) is 6.21. The molecule has 2 aromatic rings. The largest absolute Gasteiger partial charge is 0.493 e. The van der Waals surface area contributed by atoms with Gasteiger partial charge in [-0.1, -0.05) is 58.4 Å². The number of rotatable bonds is 10. The molecule has 0 amide bonds. The van der Waals surface area contributed by atoms with Crippen molar-refractivity contribution in [1.82, 2.24) is 4.98 Å². The van der Waals surface area contributed by atoms with Gasteiger partial charge in [-0.3, -0.25) is 4.98 Å². The van der Waals surface area contributed by atoms with E-state index in [0.29, 0.717) is 0 Å². The Morgan fingerprint density at radius 2 is 1.57 bits per heavy atom. The fraction of sp³-hybridized carbons (Fsp3) is 0.577. The molecule has 0 spiro atoms. The first-order valence-electron chi connectivity index (χ1n) is 11.5. The number of aryl methyl sites for hydroxylation is 1. The molecular formula is C26H37NO. The fourth-order valence-corrected chi connectivity index (χ4v) is 4.24. The van der Waals surface area contributed by atoms with Gasteiger partial charge in [0.15, 0.2) is 0 Å². The predicted molar refractivity (Wildman–Crippen MR) is 119 cm³/mol. The number of nitrogens with zero attached hydrogens (tertiary/aromatic N) is 1. The standard InChI is InChI=1S/C26H37NO/c1-3-5-7-21-9-11-23(12-10-21)20-28-25-16-14-24(15-17-25)26-18-13-22(19-27-26)8-6-4-2/h13-19,21,23H,3-12,20H2,1-2H3/t21-,23-. The van der Waals surface area contributed by atoms with E-state index in [0.717, 1.165) is 41.9 Å². The number of hydrogen-bond acceptors (Lipinski definition) is 2. The summed E-state index contributed by atoms with van der Waals surface area (Å²) in [5, 5.41) is 0. The maximum Gasteiger partial charge on any atom is 0.119 e. The molecule has 1 fully saturated rings. The Morgan fingerprint density at radius 1 is 0.857 bits per heavy atom. The molecule has 3 rings (SSSR count). The topological polar surface area (TPSA) is 22.1 Å². The molecule has 0 radical (unpaired) electrons. The quantitative estimate of drug-likeness (QED) is 0.427. The third-order valence-electron chi connectivity index (χ3n) is 6.21. The van der Waals surface area contributed by atoms with Gasteiger partial charge in [0.25, 0.3) is 0 Å². The van der Waals surface area contributed by atoms with E-state index in [9.17, 15) is 0 Å². The van der Waals surface area contributed by atoms with Gasteiger partial charge in [-0.15, -0.1) is 0 Å². The molecule has 1 heterocycles. The van der Waals surface area contributed by atoms with Gasteiger partial charge in [-0.25, -0.2) is 0 Å².